The van der Waals surface area contributed by atoms with Crippen LogP contribution < -0.4 is 5.32 Å². The van der Waals surface area contributed by atoms with Crippen LogP contribution in [0.2, 0.25) is 0 Å². The van der Waals surface area contributed by atoms with E-state index in [2.05, 4.69) is 17.2 Å². The summed E-state index contributed by atoms with van der Waals surface area (Å²) >= 11 is 0. The Morgan fingerprint density at radius 3 is 2.12 bits per heavy atom. The predicted molar refractivity (Wildman–Crippen MR) is 58.3 cm³/mol. The van der Waals surface area contributed by atoms with Crippen molar-refractivity contribution < 1.29 is 24.6 Å². The van der Waals surface area contributed by atoms with Gasteiger partial charge in [-0.2, -0.15) is 0 Å². The van der Waals surface area contributed by atoms with E-state index >= 15 is 0 Å². The number of rotatable bonds is 6. The van der Waals surface area contributed by atoms with Crippen LogP contribution in [-0.4, -0.2) is 52.7 Å². The topological polar surface area (TPSA) is 107 Å². The van der Waals surface area contributed by atoms with E-state index in [0.717, 1.165) is 0 Å². The van der Waals surface area contributed by atoms with Crippen LogP contribution in [0.1, 0.15) is 13.3 Å². The van der Waals surface area contributed by atoms with Gasteiger partial charge >= 0.3 is 18.0 Å². The summed E-state index contributed by atoms with van der Waals surface area (Å²) in [5.41, 5.74) is 0. The number of carbonyl (C=O) groups is 3. The molecule has 0 saturated heterocycles. The maximum Gasteiger partial charge on any atom is 0.323 e. The van der Waals surface area contributed by atoms with E-state index in [1.807, 2.05) is 0 Å². The number of hydrogen-bond donors (Lipinski definition) is 3. The zero-order valence-electron chi connectivity index (χ0n) is 9.39. The lowest BCUT2D eigenvalue weighted by Gasteiger charge is -2.18. The zero-order chi connectivity index (χ0) is 13.3. The first kappa shape index (κ1) is 14.8. The Morgan fingerprint density at radius 1 is 1.18 bits per heavy atom. The summed E-state index contributed by atoms with van der Waals surface area (Å²) in [4.78, 5) is 33.0. The van der Waals surface area contributed by atoms with E-state index in [-0.39, 0.29) is 6.54 Å². The van der Waals surface area contributed by atoms with E-state index in [1.54, 1.807) is 6.92 Å². The van der Waals surface area contributed by atoms with Gasteiger partial charge in [0.15, 0.2) is 0 Å². The molecule has 7 heteroatoms. The number of aliphatic carboxylic acids is 2. The van der Waals surface area contributed by atoms with Gasteiger partial charge in [-0.25, -0.2) is 4.79 Å². The third-order valence-corrected chi connectivity index (χ3v) is 1.64. The fourth-order valence-electron chi connectivity index (χ4n) is 0.995. The molecule has 0 aromatic heterocycles. The Balaban J connectivity index is 4.24. The van der Waals surface area contributed by atoms with E-state index in [9.17, 15) is 14.4 Å². The predicted octanol–water partition coefficient (Wildman–Crippen LogP) is -0.419. The van der Waals surface area contributed by atoms with Crippen molar-refractivity contribution in [1.82, 2.24) is 10.2 Å². The van der Waals surface area contributed by atoms with Gasteiger partial charge in [-0.1, -0.05) is 0 Å². The Labute approximate surface area is 98.4 Å². The first-order valence-electron chi connectivity index (χ1n) is 4.83. The number of nitrogens with one attached hydrogen (secondary N) is 1. The normalized spacial score (nSPS) is 8.76. The van der Waals surface area contributed by atoms with Gasteiger partial charge in [0.25, 0.3) is 0 Å². The monoisotopic (exact) mass is 242 g/mol. The average molecular weight is 242 g/mol. The van der Waals surface area contributed by atoms with Gasteiger partial charge in [-0.3, -0.25) is 9.59 Å². The summed E-state index contributed by atoms with van der Waals surface area (Å²) in [7, 11) is 0. The van der Waals surface area contributed by atoms with Crippen LogP contribution >= 0.6 is 0 Å². The second kappa shape index (κ2) is 7.98. The van der Waals surface area contributed by atoms with Crippen molar-refractivity contribution in [2.24, 2.45) is 0 Å². The minimum atomic E-state index is -1.27. The molecule has 0 radical (unpaired) electrons. The van der Waals surface area contributed by atoms with E-state index in [1.165, 1.54) is 0 Å². The number of carbonyl (C=O) groups excluding carboxylic acids is 1. The summed E-state index contributed by atoms with van der Waals surface area (Å²) in [6.07, 6.45) is 0.427. The maximum atomic E-state index is 11.4. The third kappa shape index (κ3) is 7.67. The van der Waals surface area contributed by atoms with E-state index < -0.39 is 31.1 Å². The first-order valence-corrected chi connectivity index (χ1v) is 4.83. The average Bonchev–Trinajstić information content (AvgIpc) is 2.22. The molecule has 0 aliphatic carbocycles. The lowest BCUT2D eigenvalue weighted by atomic mass is 10.4. The Morgan fingerprint density at radius 2 is 1.71 bits per heavy atom. The Kier molecular flexibility index (Phi) is 6.94. The molecule has 0 aliphatic heterocycles. The quantitative estimate of drug-likeness (QED) is 0.433. The second-order valence-electron chi connectivity index (χ2n) is 3.05. The van der Waals surface area contributed by atoms with Crippen LogP contribution in [0.15, 0.2) is 0 Å². The van der Waals surface area contributed by atoms with Crippen molar-refractivity contribution in [2.75, 3.05) is 19.6 Å². The third-order valence-electron chi connectivity index (χ3n) is 1.64. The molecule has 0 heterocycles. The van der Waals surface area contributed by atoms with Crippen molar-refractivity contribution in [3.63, 3.8) is 0 Å². The molecule has 17 heavy (non-hydrogen) atoms. The van der Waals surface area contributed by atoms with Crippen LogP contribution in [0.3, 0.4) is 0 Å². The largest absolute Gasteiger partial charge is 0.480 e. The molecule has 0 aromatic carbocycles. The number of carboxylic acid groups (broad SMARTS) is 2. The van der Waals surface area contributed by atoms with E-state index in [4.69, 9.17) is 10.2 Å². The molecular formula is C10H14N2O5. The highest BCUT2D eigenvalue weighted by molar-refractivity contribution is 5.84. The molecule has 0 bridgehead atoms. The van der Waals surface area contributed by atoms with Gasteiger partial charge in [0.05, 0.1) is 0 Å². The second-order valence-corrected chi connectivity index (χ2v) is 3.05. The van der Waals surface area contributed by atoms with Gasteiger partial charge in [-0.05, 0) is 6.92 Å². The molecule has 0 atom stereocenters. The molecule has 94 valence electrons. The number of carboxylic acids is 2. The van der Waals surface area contributed by atoms with Crippen LogP contribution in [0.5, 0.6) is 0 Å². The SMILES string of the molecule is CC#CCCNC(=O)N(CC(=O)O)CC(=O)O. The molecule has 3 N–H and O–H groups in total. The zero-order valence-corrected chi connectivity index (χ0v) is 9.39. The van der Waals surface area contributed by atoms with Crippen molar-refractivity contribution in [1.29, 1.82) is 0 Å². The van der Waals surface area contributed by atoms with Gasteiger partial charge in [-0.15, -0.1) is 11.8 Å². The maximum absolute atomic E-state index is 11.4. The van der Waals surface area contributed by atoms with Crippen LogP contribution in [0.4, 0.5) is 4.79 Å². The summed E-state index contributed by atoms with van der Waals surface area (Å²) in [6, 6.07) is -0.729. The van der Waals surface area contributed by atoms with Crippen molar-refractivity contribution in [2.45, 2.75) is 13.3 Å². The summed E-state index contributed by atoms with van der Waals surface area (Å²) in [5, 5.41) is 19.4. The molecule has 0 unspecified atom stereocenters. The number of urea groups is 1. The van der Waals surface area contributed by atoms with Crippen LogP contribution in [0.25, 0.3) is 0 Å². The van der Waals surface area contributed by atoms with Crippen LogP contribution in [0, 0.1) is 11.8 Å². The fourth-order valence-corrected chi connectivity index (χ4v) is 0.995. The van der Waals surface area contributed by atoms with E-state index in [0.29, 0.717) is 11.3 Å². The first-order chi connectivity index (χ1) is 7.97. The summed E-state index contributed by atoms with van der Waals surface area (Å²) in [5.74, 6) is 2.80. The minimum Gasteiger partial charge on any atom is -0.480 e. The lowest BCUT2D eigenvalue weighted by molar-refractivity contribution is -0.140. The van der Waals surface area contributed by atoms with Gasteiger partial charge in [0, 0.05) is 13.0 Å². The molecule has 0 fully saturated rings. The Bertz CT molecular complexity index is 339. The molecule has 0 aromatic rings. The highest BCUT2D eigenvalue weighted by Crippen LogP contribution is 1.90. The van der Waals surface area contributed by atoms with Gasteiger partial charge < -0.3 is 20.4 Å². The number of hydrogen-bond acceptors (Lipinski definition) is 3. The molecule has 0 aliphatic rings. The van der Waals surface area contributed by atoms with Gasteiger partial charge in [0.2, 0.25) is 0 Å². The van der Waals surface area contributed by atoms with Crippen molar-refractivity contribution >= 4 is 18.0 Å². The summed E-state index contributed by atoms with van der Waals surface area (Å²) in [6.45, 7) is 0.591. The standard InChI is InChI=1S/C10H14N2O5/c1-2-3-4-5-11-10(17)12(6-8(13)14)7-9(15)16/h4-7H2,1H3,(H,11,17)(H,13,14)(H,15,16). The fraction of sp³-hybridized carbons (Fsp3) is 0.500. The molecule has 7 nitrogen and oxygen atoms in total. The molecular weight excluding hydrogens is 228 g/mol. The number of nitrogens with zero attached hydrogens (tertiary/aromatic N) is 1. The molecule has 0 rings (SSSR count). The van der Waals surface area contributed by atoms with Crippen molar-refractivity contribution in [3.8, 4) is 11.8 Å². The highest BCUT2D eigenvalue weighted by atomic mass is 16.4. The minimum absolute atomic E-state index is 0.245. The molecule has 2 amide bonds. The molecule has 0 spiro atoms. The smallest absolute Gasteiger partial charge is 0.323 e. The summed E-state index contributed by atoms with van der Waals surface area (Å²) < 4.78 is 0. The highest BCUT2D eigenvalue weighted by Gasteiger charge is 2.18. The molecule has 0 saturated carbocycles. The van der Waals surface area contributed by atoms with Gasteiger partial charge in [0.1, 0.15) is 13.1 Å². The lowest BCUT2D eigenvalue weighted by Crippen LogP contribution is -2.45. The van der Waals surface area contributed by atoms with Crippen LogP contribution in [-0.2, 0) is 9.59 Å². The number of amides is 2. The Hall–Kier alpha value is -2.23. The van der Waals surface area contributed by atoms with Crippen molar-refractivity contribution in [3.05, 3.63) is 0 Å².